The standard InChI is InChI=1S/C18H26N4O2/c1-21-10-9-19-17(21)16-13(7-8-14(23)22(16)2)18(24)20-15(11-3-4-11)12-5-6-12/h9-13,15-16H,3-8H2,1-2H3,(H,20,24)/t13-,16-/m0/s1. The van der Waals surface area contributed by atoms with Crippen molar-refractivity contribution in [2.24, 2.45) is 24.8 Å². The molecule has 24 heavy (non-hydrogen) atoms. The fraction of sp³-hybridized carbons (Fsp3) is 0.722. The van der Waals surface area contributed by atoms with Crippen LogP contribution in [0.25, 0.3) is 0 Å². The van der Waals surface area contributed by atoms with Crippen LogP contribution in [-0.2, 0) is 16.6 Å². The average Bonchev–Trinajstić information content (AvgIpc) is 3.47. The summed E-state index contributed by atoms with van der Waals surface area (Å²) in [6.45, 7) is 0. The number of amides is 2. The Kier molecular flexibility index (Phi) is 3.85. The fourth-order valence-corrected chi connectivity index (χ4v) is 4.13. The Bertz CT molecular complexity index is 635. The van der Waals surface area contributed by atoms with Gasteiger partial charge in [-0.2, -0.15) is 0 Å². The number of nitrogens with zero attached hydrogens (tertiary/aromatic N) is 3. The molecular weight excluding hydrogens is 304 g/mol. The lowest BCUT2D eigenvalue weighted by Gasteiger charge is -2.38. The smallest absolute Gasteiger partial charge is 0.225 e. The summed E-state index contributed by atoms with van der Waals surface area (Å²) in [4.78, 5) is 31.4. The van der Waals surface area contributed by atoms with Gasteiger partial charge in [0.05, 0.1) is 5.92 Å². The number of hydrogen-bond donors (Lipinski definition) is 1. The predicted octanol–water partition coefficient (Wildman–Crippen LogP) is 1.63. The maximum atomic E-state index is 13.1. The van der Waals surface area contributed by atoms with E-state index in [9.17, 15) is 9.59 Å². The monoisotopic (exact) mass is 330 g/mol. The van der Waals surface area contributed by atoms with E-state index < -0.39 is 0 Å². The summed E-state index contributed by atoms with van der Waals surface area (Å²) < 4.78 is 1.92. The summed E-state index contributed by atoms with van der Waals surface area (Å²) >= 11 is 0. The van der Waals surface area contributed by atoms with Crippen LogP contribution in [0.15, 0.2) is 12.4 Å². The number of hydrogen-bond acceptors (Lipinski definition) is 3. The minimum absolute atomic E-state index is 0.0907. The summed E-state index contributed by atoms with van der Waals surface area (Å²) in [5, 5.41) is 3.34. The van der Waals surface area contributed by atoms with Crippen molar-refractivity contribution in [3.63, 3.8) is 0 Å². The third kappa shape index (κ3) is 2.82. The van der Waals surface area contributed by atoms with Gasteiger partial charge in [-0.3, -0.25) is 9.59 Å². The van der Waals surface area contributed by atoms with Crippen LogP contribution in [0.2, 0.25) is 0 Å². The van der Waals surface area contributed by atoms with Crippen molar-refractivity contribution in [2.45, 2.75) is 50.6 Å². The van der Waals surface area contributed by atoms with Crippen LogP contribution in [0.3, 0.4) is 0 Å². The highest BCUT2D eigenvalue weighted by molar-refractivity contribution is 5.85. The highest BCUT2D eigenvalue weighted by Crippen LogP contribution is 2.45. The number of carbonyl (C=O) groups is 2. The van der Waals surface area contributed by atoms with E-state index in [0.29, 0.717) is 30.7 Å². The molecule has 0 aromatic carbocycles. The van der Waals surface area contributed by atoms with Crippen LogP contribution in [0.5, 0.6) is 0 Å². The molecular formula is C18H26N4O2. The molecule has 2 atom stereocenters. The molecule has 2 aliphatic carbocycles. The Labute approximate surface area is 142 Å². The number of likely N-dealkylation sites (tertiary alicyclic amines) is 1. The van der Waals surface area contributed by atoms with Gasteiger partial charge in [0.25, 0.3) is 0 Å². The molecule has 1 aromatic heterocycles. The molecule has 1 saturated heterocycles. The van der Waals surface area contributed by atoms with Gasteiger partial charge in [0, 0.05) is 39.0 Å². The first kappa shape index (κ1) is 15.7. The molecule has 2 amide bonds. The molecule has 0 unspecified atom stereocenters. The zero-order chi connectivity index (χ0) is 16.8. The molecule has 1 N–H and O–H groups in total. The fourth-order valence-electron chi connectivity index (χ4n) is 4.13. The van der Waals surface area contributed by atoms with Gasteiger partial charge in [-0.15, -0.1) is 0 Å². The highest BCUT2D eigenvalue weighted by atomic mass is 16.2. The third-order valence-electron chi connectivity index (χ3n) is 5.89. The molecule has 1 aliphatic heterocycles. The predicted molar refractivity (Wildman–Crippen MR) is 88.8 cm³/mol. The topological polar surface area (TPSA) is 67.2 Å². The number of nitrogens with one attached hydrogen (secondary N) is 1. The van der Waals surface area contributed by atoms with Gasteiger partial charge in [-0.05, 0) is 43.9 Å². The molecule has 6 nitrogen and oxygen atoms in total. The van der Waals surface area contributed by atoms with Gasteiger partial charge in [0.15, 0.2) is 0 Å². The molecule has 2 saturated carbocycles. The molecule has 0 bridgehead atoms. The van der Waals surface area contributed by atoms with Crippen LogP contribution in [0, 0.1) is 17.8 Å². The van der Waals surface area contributed by atoms with Gasteiger partial charge in [0.1, 0.15) is 11.9 Å². The Morgan fingerprint density at radius 3 is 2.42 bits per heavy atom. The van der Waals surface area contributed by atoms with Crippen molar-refractivity contribution in [1.29, 1.82) is 0 Å². The summed E-state index contributed by atoms with van der Waals surface area (Å²) in [6, 6.07) is 0.0766. The number of aromatic nitrogens is 2. The largest absolute Gasteiger partial charge is 0.352 e. The highest BCUT2D eigenvalue weighted by Gasteiger charge is 2.46. The molecule has 1 aromatic rings. The second-order valence-corrected chi connectivity index (χ2v) is 7.70. The number of piperidine rings is 1. The van der Waals surface area contributed by atoms with E-state index >= 15 is 0 Å². The van der Waals surface area contributed by atoms with E-state index in [2.05, 4.69) is 10.3 Å². The number of imidazole rings is 1. The van der Waals surface area contributed by atoms with Gasteiger partial charge in [-0.1, -0.05) is 0 Å². The van der Waals surface area contributed by atoms with E-state index in [4.69, 9.17) is 0 Å². The maximum Gasteiger partial charge on any atom is 0.225 e. The van der Waals surface area contributed by atoms with Crippen molar-refractivity contribution in [2.75, 3.05) is 7.05 Å². The Hall–Kier alpha value is -1.85. The van der Waals surface area contributed by atoms with Crippen molar-refractivity contribution in [1.82, 2.24) is 19.8 Å². The lowest BCUT2D eigenvalue weighted by atomic mass is 9.87. The number of rotatable bonds is 5. The Morgan fingerprint density at radius 1 is 1.21 bits per heavy atom. The summed E-state index contributed by atoms with van der Waals surface area (Å²) in [6.07, 6.45) is 9.62. The van der Waals surface area contributed by atoms with Crippen molar-refractivity contribution < 1.29 is 9.59 Å². The van der Waals surface area contributed by atoms with Crippen LogP contribution in [0.4, 0.5) is 0 Å². The van der Waals surface area contributed by atoms with E-state index in [-0.39, 0.29) is 23.8 Å². The van der Waals surface area contributed by atoms with Crippen LogP contribution < -0.4 is 5.32 Å². The molecule has 0 spiro atoms. The summed E-state index contributed by atoms with van der Waals surface area (Å²) in [5.41, 5.74) is 0. The normalized spacial score (nSPS) is 27.6. The first-order valence-corrected chi connectivity index (χ1v) is 9.09. The SMILES string of the molecule is CN1C(=O)CC[C@H](C(=O)NC(C2CC2)C2CC2)[C@H]1c1nccn1C. The Balaban J connectivity index is 1.55. The van der Waals surface area contributed by atoms with E-state index in [1.807, 2.05) is 17.8 Å². The molecule has 2 heterocycles. The first-order valence-electron chi connectivity index (χ1n) is 9.09. The zero-order valence-electron chi connectivity index (χ0n) is 14.4. The minimum atomic E-state index is -0.273. The maximum absolute atomic E-state index is 13.1. The number of carbonyl (C=O) groups excluding carboxylic acids is 2. The van der Waals surface area contributed by atoms with Gasteiger partial charge < -0.3 is 14.8 Å². The molecule has 0 radical (unpaired) electrons. The van der Waals surface area contributed by atoms with Crippen molar-refractivity contribution >= 4 is 11.8 Å². The third-order valence-corrected chi connectivity index (χ3v) is 5.89. The lowest BCUT2D eigenvalue weighted by molar-refractivity contribution is -0.142. The molecule has 3 aliphatic rings. The molecule has 4 rings (SSSR count). The minimum Gasteiger partial charge on any atom is -0.352 e. The summed E-state index contributed by atoms with van der Waals surface area (Å²) in [5.74, 6) is 2.13. The zero-order valence-corrected chi connectivity index (χ0v) is 14.4. The number of aryl methyl sites for hydroxylation is 1. The van der Waals surface area contributed by atoms with Crippen LogP contribution >= 0.6 is 0 Å². The summed E-state index contributed by atoms with van der Waals surface area (Å²) in [7, 11) is 3.71. The van der Waals surface area contributed by atoms with E-state index in [1.54, 1.807) is 18.1 Å². The van der Waals surface area contributed by atoms with Gasteiger partial charge >= 0.3 is 0 Å². The van der Waals surface area contributed by atoms with Crippen molar-refractivity contribution in [3.8, 4) is 0 Å². The van der Waals surface area contributed by atoms with Gasteiger partial charge in [0.2, 0.25) is 11.8 Å². The van der Waals surface area contributed by atoms with Crippen molar-refractivity contribution in [3.05, 3.63) is 18.2 Å². The average molecular weight is 330 g/mol. The molecule has 6 heteroatoms. The van der Waals surface area contributed by atoms with Crippen LogP contribution in [0.1, 0.15) is 50.4 Å². The second-order valence-electron chi connectivity index (χ2n) is 7.70. The first-order chi connectivity index (χ1) is 11.6. The molecule has 130 valence electrons. The second kappa shape index (κ2) is 5.90. The van der Waals surface area contributed by atoms with Crippen LogP contribution in [-0.4, -0.2) is 39.4 Å². The molecule has 3 fully saturated rings. The van der Waals surface area contributed by atoms with E-state index in [1.165, 1.54) is 25.7 Å². The quantitative estimate of drug-likeness (QED) is 0.892. The Morgan fingerprint density at radius 2 is 1.88 bits per heavy atom. The lowest BCUT2D eigenvalue weighted by Crippen LogP contribution is -2.50. The van der Waals surface area contributed by atoms with E-state index in [0.717, 1.165) is 5.82 Å². The van der Waals surface area contributed by atoms with Gasteiger partial charge in [-0.25, -0.2) is 4.98 Å².